The number of carbonyl (C=O) groups excluding carboxylic acids is 2. The summed E-state index contributed by atoms with van der Waals surface area (Å²) in [5.74, 6) is 1.10. The molecule has 0 unspecified atom stereocenters. The van der Waals surface area contributed by atoms with Gasteiger partial charge in [0.25, 0.3) is 5.91 Å². The van der Waals surface area contributed by atoms with Gasteiger partial charge in [-0.15, -0.1) is 10.2 Å². The molecule has 3 rings (SSSR count). The second-order valence-corrected chi connectivity index (χ2v) is 8.65. The number of nitrogens with zero attached hydrogens (tertiary/aromatic N) is 3. The highest BCUT2D eigenvalue weighted by molar-refractivity contribution is 7.99. The quantitative estimate of drug-likeness (QED) is 0.419. The lowest BCUT2D eigenvalue weighted by molar-refractivity contribution is -0.123. The van der Waals surface area contributed by atoms with Crippen molar-refractivity contribution in [2.75, 3.05) is 17.7 Å². The molecule has 0 atom stereocenters. The molecule has 0 aliphatic heterocycles. The second-order valence-electron chi connectivity index (χ2n) is 7.27. The third kappa shape index (κ3) is 6.97. The zero-order valence-electron chi connectivity index (χ0n) is 18.7. The molecule has 33 heavy (non-hydrogen) atoms. The first-order valence-corrected chi connectivity index (χ1v) is 11.8. The van der Waals surface area contributed by atoms with Crippen LogP contribution in [0.3, 0.4) is 0 Å². The van der Waals surface area contributed by atoms with E-state index >= 15 is 0 Å². The van der Waals surface area contributed by atoms with E-state index in [-0.39, 0.29) is 30.7 Å². The van der Waals surface area contributed by atoms with Gasteiger partial charge in [0.2, 0.25) is 5.91 Å². The maximum Gasteiger partial charge on any atom is 0.258 e. The largest absolute Gasteiger partial charge is 0.483 e. The van der Waals surface area contributed by atoms with Gasteiger partial charge in [0.15, 0.2) is 17.6 Å². The van der Waals surface area contributed by atoms with Gasteiger partial charge in [0.1, 0.15) is 5.75 Å². The summed E-state index contributed by atoms with van der Waals surface area (Å²) in [5, 5.41) is 15.2. The number of rotatable bonds is 10. The van der Waals surface area contributed by atoms with Gasteiger partial charge >= 0.3 is 0 Å². The molecule has 0 aliphatic rings. The molecular weight excluding hydrogens is 462 g/mol. The van der Waals surface area contributed by atoms with E-state index in [1.165, 1.54) is 11.8 Å². The van der Waals surface area contributed by atoms with Gasteiger partial charge in [-0.25, -0.2) is 0 Å². The summed E-state index contributed by atoms with van der Waals surface area (Å²) >= 11 is 7.14. The van der Waals surface area contributed by atoms with Gasteiger partial charge in [-0.05, 0) is 56.2 Å². The highest BCUT2D eigenvalue weighted by Gasteiger charge is 2.15. The summed E-state index contributed by atoms with van der Waals surface area (Å²) in [5.41, 5.74) is 2.64. The van der Waals surface area contributed by atoms with E-state index in [4.69, 9.17) is 16.3 Å². The molecule has 0 spiro atoms. The number of anilines is 1. The topological polar surface area (TPSA) is 98.1 Å². The Bertz CT molecular complexity index is 1100. The summed E-state index contributed by atoms with van der Waals surface area (Å²) in [4.78, 5) is 24.5. The molecule has 2 N–H and O–H groups in total. The lowest BCUT2D eigenvalue weighted by Crippen LogP contribution is -2.29. The first kappa shape index (κ1) is 24.6. The lowest BCUT2D eigenvalue weighted by Gasteiger charge is -2.12. The van der Waals surface area contributed by atoms with Crippen molar-refractivity contribution in [2.45, 2.75) is 39.0 Å². The van der Waals surface area contributed by atoms with Gasteiger partial charge < -0.3 is 19.9 Å². The van der Waals surface area contributed by atoms with Crippen LogP contribution in [0, 0.1) is 13.8 Å². The monoisotopic (exact) mass is 487 g/mol. The van der Waals surface area contributed by atoms with Crippen molar-refractivity contribution in [2.24, 2.45) is 0 Å². The lowest BCUT2D eigenvalue weighted by atomic mass is 10.1. The number of hydrogen-bond donors (Lipinski definition) is 2. The molecule has 2 amide bonds. The van der Waals surface area contributed by atoms with Crippen molar-refractivity contribution in [1.29, 1.82) is 0 Å². The molecule has 10 heteroatoms. The van der Waals surface area contributed by atoms with Crippen molar-refractivity contribution < 1.29 is 14.3 Å². The normalized spacial score (nSPS) is 10.7. The number of benzene rings is 2. The smallest absolute Gasteiger partial charge is 0.258 e. The van der Waals surface area contributed by atoms with Crippen LogP contribution in [0.15, 0.2) is 47.6 Å². The predicted octanol–water partition coefficient (Wildman–Crippen LogP) is 3.99. The van der Waals surface area contributed by atoms with Gasteiger partial charge in [-0.3, -0.25) is 9.59 Å². The number of aryl methyl sites for hydroxylation is 2. The van der Waals surface area contributed by atoms with Crippen LogP contribution >= 0.6 is 23.4 Å². The van der Waals surface area contributed by atoms with Crippen LogP contribution < -0.4 is 15.4 Å². The number of ether oxygens (including phenoxy) is 1. The standard InChI is InChI=1S/C23H26ClN5O3S/c1-4-29-19(12-25-20(30)13-32-22-15(2)6-5-7-16(22)3)27-28-23(29)33-14-21(31)26-18-10-8-17(24)9-11-18/h5-11H,4,12-14H2,1-3H3,(H,25,30)(H,26,31). The molecule has 0 fully saturated rings. The molecule has 0 aliphatic carbocycles. The van der Waals surface area contributed by atoms with Crippen LogP contribution in [0.4, 0.5) is 5.69 Å². The first-order chi connectivity index (χ1) is 15.9. The van der Waals surface area contributed by atoms with Crippen LogP contribution in [0.2, 0.25) is 5.02 Å². The Balaban J connectivity index is 1.49. The zero-order chi connectivity index (χ0) is 23.8. The molecule has 0 saturated carbocycles. The van der Waals surface area contributed by atoms with Crippen molar-refractivity contribution in [1.82, 2.24) is 20.1 Å². The minimum Gasteiger partial charge on any atom is -0.483 e. The van der Waals surface area contributed by atoms with Crippen LogP contribution in [0.25, 0.3) is 0 Å². The number of nitrogens with one attached hydrogen (secondary N) is 2. The second kappa shape index (κ2) is 11.7. The Morgan fingerprint density at radius 2 is 1.76 bits per heavy atom. The minimum absolute atomic E-state index is 0.0849. The van der Waals surface area contributed by atoms with E-state index in [1.807, 2.05) is 43.5 Å². The number of thioether (sulfide) groups is 1. The number of amides is 2. The fourth-order valence-electron chi connectivity index (χ4n) is 3.13. The molecular formula is C23H26ClN5O3S. The molecule has 1 heterocycles. The fourth-order valence-corrected chi connectivity index (χ4v) is 4.08. The number of carbonyl (C=O) groups is 2. The highest BCUT2D eigenvalue weighted by Crippen LogP contribution is 2.22. The van der Waals surface area contributed by atoms with Crippen LogP contribution in [0.1, 0.15) is 23.9 Å². The van der Waals surface area contributed by atoms with Crippen molar-refractivity contribution in [3.63, 3.8) is 0 Å². The molecule has 174 valence electrons. The van der Waals surface area contributed by atoms with Crippen LogP contribution in [0.5, 0.6) is 5.75 Å². The average molecular weight is 488 g/mol. The molecule has 1 aromatic heterocycles. The molecule has 0 saturated heterocycles. The van der Waals surface area contributed by atoms with Crippen molar-refractivity contribution >= 4 is 40.9 Å². The Kier molecular flexibility index (Phi) is 8.73. The highest BCUT2D eigenvalue weighted by atomic mass is 35.5. The Hall–Kier alpha value is -3.04. The van der Waals surface area contributed by atoms with Crippen molar-refractivity contribution in [3.8, 4) is 5.75 Å². The van der Waals surface area contributed by atoms with E-state index in [0.29, 0.717) is 28.2 Å². The summed E-state index contributed by atoms with van der Waals surface area (Å²) in [7, 11) is 0. The SMILES string of the molecule is CCn1c(CNC(=O)COc2c(C)cccc2C)nnc1SCC(=O)Nc1ccc(Cl)cc1. The number of aromatic nitrogens is 3. The number of hydrogen-bond acceptors (Lipinski definition) is 6. The van der Waals surface area contributed by atoms with Gasteiger partial charge in [0.05, 0.1) is 12.3 Å². The molecule has 0 radical (unpaired) electrons. The van der Waals surface area contributed by atoms with E-state index in [0.717, 1.165) is 16.9 Å². The minimum atomic E-state index is -0.250. The Morgan fingerprint density at radius 3 is 2.42 bits per heavy atom. The van der Waals surface area contributed by atoms with Gasteiger partial charge in [0, 0.05) is 17.3 Å². The van der Waals surface area contributed by atoms with E-state index in [1.54, 1.807) is 24.3 Å². The maximum absolute atomic E-state index is 12.3. The van der Waals surface area contributed by atoms with E-state index in [2.05, 4.69) is 20.8 Å². The summed E-state index contributed by atoms with van der Waals surface area (Å²) in [6.45, 7) is 6.58. The Morgan fingerprint density at radius 1 is 1.06 bits per heavy atom. The first-order valence-electron chi connectivity index (χ1n) is 10.4. The molecule has 3 aromatic rings. The van der Waals surface area contributed by atoms with Crippen LogP contribution in [-0.2, 0) is 22.7 Å². The third-order valence-corrected chi connectivity index (χ3v) is 5.99. The summed E-state index contributed by atoms with van der Waals surface area (Å²) in [6, 6.07) is 12.7. The number of para-hydroxylation sites is 1. The maximum atomic E-state index is 12.3. The van der Waals surface area contributed by atoms with E-state index < -0.39 is 0 Å². The predicted molar refractivity (Wildman–Crippen MR) is 130 cm³/mol. The summed E-state index contributed by atoms with van der Waals surface area (Å²) in [6.07, 6.45) is 0. The van der Waals surface area contributed by atoms with Gasteiger partial charge in [-0.1, -0.05) is 41.6 Å². The van der Waals surface area contributed by atoms with Crippen LogP contribution in [-0.4, -0.2) is 38.9 Å². The zero-order valence-corrected chi connectivity index (χ0v) is 20.3. The van der Waals surface area contributed by atoms with Crippen molar-refractivity contribution in [3.05, 3.63) is 64.4 Å². The molecule has 8 nitrogen and oxygen atoms in total. The van der Waals surface area contributed by atoms with Gasteiger partial charge in [-0.2, -0.15) is 0 Å². The summed E-state index contributed by atoms with van der Waals surface area (Å²) < 4.78 is 7.56. The number of halogens is 1. The fraction of sp³-hybridized carbons (Fsp3) is 0.304. The third-order valence-electron chi connectivity index (χ3n) is 4.77. The Labute approximate surface area is 202 Å². The average Bonchev–Trinajstić information content (AvgIpc) is 3.19. The molecule has 2 aromatic carbocycles. The molecule has 0 bridgehead atoms. The van der Waals surface area contributed by atoms with E-state index in [9.17, 15) is 9.59 Å².